The lowest BCUT2D eigenvalue weighted by Crippen LogP contribution is -2.30. The molecule has 0 amide bonds. The van der Waals surface area contributed by atoms with Gasteiger partial charge in [0.25, 0.3) is 0 Å². The topological polar surface area (TPSA) is 15.9 Å². The number of nitrogens with one attached hydrogen (secondary N) is 1. The lowest BCUT2D eigenvalue weighted by Gasteiger charge is -1.92. The molecule has 0 saturated carbocycles. The van der Waals surface area contributed by atoms with Crippen molar-refractivity contribution in [3.8, 4) is 0 Å². The molecular formula is C8H13N2S+. The van der Waals surface area contributed by atoms with Crippen LogP contribution < -0.4 is 9.27 Å². The maximum Gasteiger partial charge on any atom is 0.189 e. The van der Waals surface area contributed by atoms with Gasteiger partial charge >= 0.3 is 0 Å². The quantitative estimate of drug-likeness (QED) is 0.631. The Morgan fingerprint density at radius 2 is 2.45 bits per heavy atom. The maximum absolute atomic E-state index is 3.37. The molecule has 1 aromatic heterocycles. The van der Waals surface area contributed by atoms with Crippen LogP contribution in [0.3, 0.4) is 0 Å². The van der Waals surface area contributed by atoms with Gasteiger partial charge in [0.1, 0.15) is 0 Å². The van der Waals surface area contributed by atoms with Crippen LogP contribution in [-0.2, 0) is 6.42 Å². The number of anilines is 1. The van der Waals surface area contributed by atoms with Gasteiger partial charge in [-0.05, 0) is 20.3 Å². The summed E-state index contributed by atoms with van der Waals surface area (Å²) in [5.41, 5.74) is 1.49. The molecule has 0 spiro atoms. The van der Waals surface area contributed by atoms with Crippen LogP contribution in [0, 0.1) is 0 Å². The van der Waals surface area contributed by atoms with Crippen LogP contribution in [0.5, 0.6) is 0 Å². The molecule has 3 heteroatoms. The van der Waals surface area contributed by atoms with E-state index in [1.807, 2.05) is 11.5 Å². The predicted molar refractivity (Wildman–Crippen MR) is 47.1 cm³/mol. The Morgan fingerprint density at radius 1 is 1.64 bits per heavy atom. The van der Waals surface area contributed by atoms with Crippen molar-refractivity contribution in [2.24, 2.45) is 0 Å². The van der Waals surface area contributed by atoms with E-state index in [-0.39, 0.29) is 0 Å². The van der Waals surface area contributed by atoms with E-state index in [9.17, 15) is 0 Å². The molecule has 1 aliphatic rings. The van der Waals surface area contributed by atoms with Gasteiger partial charge in [-0.15, -0.1) is 3.96 Å². The molecule has 2 heterocycles. The molecule has 1 aliphatic heterocycles. The molecule has 1 aromatic rings. The summed E-state index contributed by atoms with van der Waals surface area (Å²) in [6, 6.07) is 0.604. The third kappa shape index (κ3) is 1.13. The fourth-order valence-electron chi connectivity index (χ4n) is 1.29. The molecule has 0 bridgehead atoms. The lowest BCUT2D eigenvalue weighted by atomic mass is 10.3. The minimum Gasteiger partial charge on any atom is -0.372 e. The smallest absolute Gasteiger partial charge is 0.189 e. The normalized spacial score (nSPS) is 15.2. The van der Waals surface area contributed by atoms with Gasteiger partial charge in [0.05, 0.1) is 5.56 Å². The summed E-state index contributed by atoms with van der Waals surface area (Å²) in [6.07, 6.45) is 3.47. The summed E-state index contributed by atoms with van der Waals surface area (Å²) < 4.78 is 2.30. The molecule has 0 atom stereocenters. The lowest BCUT2D eigenvalue weighted by molar-refractivity contribution is -0.650. The van der Waals surface area contributed by atoms with Gasteiger partial charge < -0.3 is 5.32 Å². The fraction of sp³-hybridized carbons (Fsp3) is 0.625. The molecule has 1 N–H and O–H groups in total. The highest BCUT2D eigenvalue weighted by Crippen LogP contribution is 2.25. The Kier molecular flexibility index (Phi) is 1.60. The summed E-state index contributed by atoms with van der Waals surface area (Å²) >= 11 is 1.84. The van der Waals surface area contributed by atoms with Gasteiger partial charge in [-0.2, -0.15) is 0 Å². The van der Waals surface area contributed by atoms with Crippen molar-refractivity contribution < 1.29 is 3.96 Å². The first-order chi connectivity index (χ1) is 5.27. The molecule has 2 nitrogen and oxygen atoms in total. The first-order valence-corrected chi connectivity index (χ1v) is 4.83. The van der Waals surface area contributed by atoms with E-state index in [0.717, 1.165) is 6.54 Å². The molecule has 2 rings (SSSR count). The van der Waals surface area contributed by atoms with Crippen molar-refractivity contribution >= 4 is 16.5 Å². The molecule has 0 aliphatic carbocycles. The van der Waals surface area contributed by atoms with E-state index in [1.165, 1.54) is 17.0 Å². The molecular weight excluding hydrogens is 156 g/mol. The average molecular weight is 169 g/mol. The van der Waals surface area contributed by atoms with E-state index in [4.69, 9.17) is 0 Å². The van der Waals surface area contributed by atoms with Crippen LogP contribution in [-0.4, -0.2) is 6.54 Å². The van der Waals surface area contributed by atoms with Crippen LogP contribution in [0.1, 0.15) is 25.5 Å². The summed E-state index contributed by atoms with van der Waals surface area (Å²) in [5.74, 6) is 0. The van der Waals surface area contributed by atoms with Crippen LogP contribution in [0.15, 0.2) is 6.20 Å². The molecule has 0 radical (unpaired) electrons. The minimum absolute atomic E-state index is 0.604. The van der Waals surface area contributed by atoms with Gasteiger partial charge in [-0.1, -0.05) is 0 Å². The number of rotatable bonds is 1. The van der Waals surface area contributed by atoms with E-state index < -0.39 is 0 Å². The summed E-state index contributed by atoms with van der Waals surface area (Å²) in [7, 11) is 0. The number of nitrogens with zero attached hydrogens (tertiary/aromatic N) is 1. The molecule has 0 aromatic carbocycles. The number of hydrogen-bond donors (Lipinski definition) is 1. The van der Waals surface area contributed by atoms with E-state index in [1.54, 1.807) is 0 Å². The zero-order valence-corrected chi connectivity index (χ0v) is 7.74. The third-order valence-electron chi connectivity index (χ3n) is 1.96. The van der Waals surface area contributed by atoms with Crippen molar-refractivity contribution in [3.63, 3.8) is 0 Å². The monoisotopic (exact) mass is 169 g/mol. The largest absolute Gasteiger partial charge is 0.372 e. The highest BCUT2D eigenvalue weighted by atomic mass is 32.1. The second kappa shape index (κ2) is 2.48. The first-order valence-electron chi connectivity index (χ1n) is 4.05. The van der Waals surface area contributed by atoms with E-state index in [0.29, 0.717) is 6.04 Å². The predicted octanol–water partition coefficient (Wildman–Crippen LogP) is 1.58. The zero-order chi connectivity index (χ0) is 7.84. The van der Waals surface area contributed by atoms with Crippen LogP contribution in [0.25, 0.3) is 0 Å². The highest BCUT2D eigenvalue weighted by Gasteiger charge is 2.21. The Morgan fingerprint density at radius 3 is 3.09 bits per heavy atom. The number of fused-ring (bicyclic) bond motifs is 1. The van der Waals surface area contributed by atoms with Crippen LogP contribution in [0.2, 0.25) is 0 Å². The fourth-order valence-corrected chi connectivity index (χ4v) is 2.33. The van der Waals surface area contributed by atoms with Crippen molar-refractivity contribution in [2.45, 2.75) is 26.3 Å². The Balaban J connectivity index is 2.34. The van der Waals surface area contributed by atoms with Crippen molar-refractivity contribution in [3.05, 3.63) is 11.8 Å². The van der Waals surface area contributed by atoms with E-state index >= 15 is 0 Å². The van der Waals surface area contributed by atoms with Crippen LogP contribution >= 0.6 is 11.5 Å². The Bertz CT molecular complexity index is 244. The highest BCUT2D eigenvalue weighted by molar-refractivity contribution is 7.06. The number of aromatic nitrogens is 1. The Labute approximate surface area is 71.0 Å². The van der Waals surface area contributed by atoms with Crippen molar-refractivity contribution in [1.29, 1.82) is 0 Å². The molecule has 0 unspecified atom stereocenters. The standard InChI is InChI=1S/C8H12N2S/c1-6(2)10-5-7-3-4-9-8(7)11-10/h5-6H,3-4H2,1-2H3/p+1. The van der Waals surface area contributed by atoms with Gasteiger partial charge in [0.15, 0.2) is 28.8 Å². The van der Waals surface area contributed by atoms with Gasteiger partial charge in [0.2, 0.25) is 0 Å². The minimum atomic E-state index is 0.604. The van der Waals surface area contributed by atoms with E-state index in [2.05, 4.69) is 29.3 Å². The van der Waals surface area contributed by atoms with Gasteiger partial charge in [0, 0.05) is 6.54 Å². The van der Waals surface area contributed by atoms with Gasteiger partial charge in [-0.25, -0.2) is 0 Å². The summed E-state index contributed by atoms with van der Waals surface area (Å²) in [6.45, 7) is 5.55. The molecule has 0 fully saturated rings. The Hall–Kier alpha value is -0.570. The second-order valence-electron chi connectivity index (χ2n) is 3.21. The van der Waals surface area contributed by atoms with Gasteiger partial charge in [-0.3, -0.25) is 0 Å². The number of hydrogen-bond acceptors (Lipinski definition) is 2. The average Bonchev–Trinajstić information content (AvgIpc) is 2.40. The summed E-state index contributed by atoms with van der Waals surface area (Å²) in [5, 5.41) is 4.75. The van der Waals surface area contributed by atoms with Crippen molar-refractivity contribution in [1.82, 2.24) is 0 Å². The molecule has 0 saturated heterocycles. The van der Waals surface area contributed by atoms with Crippen molar-refractivity contribution in [2.75, 3.05) is 11.9 Å². The third-order valence-corrected chi connectivity index (χ3v) is 3.29. The first kappa shape index (κ1) is 7.10. The molecule has 11 heavy (non-hydrogen) atoms. The SMILES string of the molecule is CC(C)[n+]1cc2c(s1)NCC2. The molecule has 60 valence electrons. The zero-order valence-electron chi connectivity index (χ0n) is 6.92. The van der Waals surface area contributed by atoms with Crippen LogP contribution in [0.4, 0.5) is 5.00 Å². The maximum atomic E-state index is 3.37. The second-order valence-corrected chi connectivity index (χ2v) is 4.22. The summed E-state index contributed by atoms with van der Waals surface area (Å²) in [4.78, 5) is 0.